The first-order valence-corrected chi connectivity index (χ1v) is 10.7. The number of fused-ring (bicyclic) bond motifs is 1. The van der Waals surface area contributed by atoms with Crippen molar-refractivity contribution in [1.29, 1.82) is 0 Å². The summed E-state index contributed by atoms with van der Waals surface area (Å²) in [5.74, 6) is 1.43. The van der Waals surface area contributed by atoms with Gasteiger partial charge in [0, 0.05) is 18.7 Å². The van der Waals surface area contributed by atoms with Crippen LogP contribution in [-0.4, -0.2) is 31.6 Å². The molecule has 0 fully saturated rings. The van der Waals surface area contributed by atoms with Crippen molar-refractivity contribution >= 4 is 21.1 Å². The minimum absolute atomic E-state index is 0.206. The monoisotopic (exact) mass is 407 g/mol. The molecule has 0 radical (unpaired) electrons. The molecule has 0 bridgehead atoms. The van der Waals surface area contributed by atoms with Crippen LogP contribution in [-0.2, 0) is 16.6 Å². The van der Waals surface area contributed by atoms with E-state index in [0.29, 0.717) is 12.3 Å². The first kappa shape index (κ1) is 19.2. The predicted octanol–water partition coefficient (Wildman–Crippen LogP) is 3.69. The van der Waals surface area contributed by atoms with Crippen molar-refractivity contribution in [1.82, 2.24) is 14.3 Å². The van der Waals surface area contributed by atoms with E-state index in [9.17, 15) is 8.42 Å². The van der Waals surface area contributed by atoms with Crippen molar-refractivity contribution in [3.05, 3.63) is 78.9 Å². The molecule has 29 heavy (non-hydrogen) atoms. The minimum Gasteiger partial charge on any atom is -0.497 e. The average molecular weight is 407 g/mol. The highest BCUT2D eigenvalue weighted by Crippen LogP contribution is 2.24. The van der Waals surface area contributed by atoms with Crippen molar-refractivity contribution < 1.29 is 13.2 Å². The number of ether oxygens (including phenoxy) is 1. The summed E-state index contributed by atoms with van der Waals surface area (Å²) in [5, 5.41) is 0. The van der Waals surface area contributed by atoms with E-state index in [1.807, 2.05) is 59.2 Å². The molecule has 1 heterocycles. The number of hydrogen-bond acceptors (Lipinski definition) is 4. The van der Waals surface area contributed by atoms with Crippen LogP contribution in [0.4, 0.5) is 0 Å². The van der Waals surface area contributed by atoms with Gasteiger partial charge < -0.3 is 9.30 Å². The first-order chi connectivity index (χ1) is 14.1. The van der Waals surface area contributed by atoms with Gasteiger partial charge in [0.1, 0.15) is 11.6 Å². The molecule has 0 unspecified atom stereocenters. The van der Waals surface area contributed by atoms with Crippen LogP contribution in [0.15, 0.2) is 83.8 Å². The van der Waals surface area contributed by atoms with Crippen LogP contribution in [0.2, 0.25) is 0 Å². The molecule has 148 valence electrons. The Morgan fingerprint density at radius 2 is 1.62 bits per heavy atom. The van der Waals surface area contributed by atoms with E-state index in [2.05, 4.69) is 4.72 Å². The number of nitrogens with one attached hydrogen (secondary N) is 1. The molecule has 6 nitrogen and oxygen atoms in total. The number of para-hydroxylation sites is 2. The van der Waals surface area contributed by atoms with E-state index in [-0.39, 0.29) is 11.4 Å². The lowest BCUT2D eigenvalue weighted by molar-refractivity contribution is 0.414. The maximum Gasteiger partial charge on any atom is 0.240 e. The number of aromatic nitrogens is 2. The number of methoxy groups -OCH3 is 1. The van der Waals surface area contributed by atoms with E-state index in [0.717, 1.165) is 22.4 Å². The zero-order valence-electron chi connectivity index (χ0n) is 15.9. The van der Waals surface area contributed by atoms with Gasteiger partial charge in [0.15, 0.2) is 0 Å². The topological polar surface area (TPSA) is 73.2 Å². The number of benzene rings is 3. The van der Waals surface area contributed by atoms with Gasteiger partial charge in [-0.15, -0.1) is 0 Å². The summed E-state index contributed by atoms with van der Waals surface area (Å²) in [6.45, 7) is 0.703. The van der Waals surface area contributed by atoms with Gasteiger partial charge in [0.25, 0.3) is 0 Å². The maximum atomic E-state index is 12.6. The van der Waals surface area contributed by atoms with Crippen LogP contribution in [0.1, 0.15) is 0 Å². The Labute approximate surface area is 169 Å². The summed E-state index contributed by atoms with van der Waals surface area (Å²) < 4.78 is 35.0. The second-order valence-corrected chi connectivity index (χ2v) is 8.28. The third-order valence-electron chi connectivity index (χ3n) is 4.68. The predicted molar refractivity (Wildman–Crippen MR) is 113 cm³/mol. The fourth-order valence-corrected chi connectivity index (χ4v) is 4.26. The Kier molecular flexibility index (Phi) is 5.33. The van der Waals surface area contributed by atoms with Gasteiger partial charge in [-0.05, 0) is 36.4 Å². The second kappa shape index (κ2) is 8.06. The molecule has 1 aromatic heterocycles. The fourth-order valence-electron chi connectivity index (χ4n) is 3.24. The molecular formula is C22H21N3O3S. The largest absolute Gasteiger partial charge is 0.497 e. The molecule has 0 saturated heterocycles. The number of hydrogen-bond donors (Lipinski definition) is 1. The van der Waals surface area contributed by atoms with E-state index in [1.165, 1.54) is 12.1 Å². The summed E-state index contributed by atoms with van der Waals surface area (Å²) in [6.07, 6.45) is 0. The van der Waals surface area contributed by atoms with Gasteiger partial charge >= 0.3 is 0 Å². The molecule has 4 rings (SSSR count). The van der Waals surface area contributed by atoms with Gasteiger partial charge in [0.05, 0.1) is 23.0 Å². The van der Waals surface area contributed by atoms with Crippen LogP contribution in [0.5, 0.6) is 5.75 Å². The number of rotatable bonds is 7. The van der Waals surface area contributed by atoms with Crippen LogP contribution >= 0.6 is 0 Å². The van der Waals surface area contributed by atoms with Crippen LogP contribution in [0, 0.1) is 0 Å². The Morgan fingerprint density at radius 1 is 0.931 bits per heavy atom. The summed E-state index contributed by atoms with van der Waals surface area (Å²) >= 11 is 0. The molecular weight excluding hydrogens is 386 g/mol. The SMILES string of the molecule is COc1ccc(S(=O)(=O)NCCn2c(-c3ccccc3)nc3ccccc32)cc1. The molecule has 4 aromatic rings. The van der Waals surface area contributed by atoms with E-state index in [4.69, 9.17) is 9.72 Å². The highest BCUT2D eigenvalue weighted by Gasteiger charge is 2.16. The molecule has 0 spiro atoms. The lowest BCUT2D eigenvalue weighted by atomic mass is 10.2. The molecule has 0 aliphatic rings. The van der Waals surface area contributed by atoms with Crippen molar-refractivity contribution in [2.24, 2.45) is 0 Å². The zero-order chi connectivity index (χ0) is 20.3. The number of nitrogens with zero attached hydrogens (tertiary/aromatic N) is 2. The normalized spacial score (nSPS) is 11.6. The minimum atomic E-state index is -3.61. The second-order valence-electron chi connectivity index (χ2n) is 6.52. The van der Waals surface area contributed by atoms with Gasteiger partial charge in [0.2, 0.25) is 10.0 Å². The van der Waals surface area contributed by atoms with Gasteiger partial charge in [-0.2, -0.15) is 0 Å². The van der Waals surface area contributed by atoms with Crippen molar-refractivity contribution in [3.63, 3.8) is 0 Å². The fraction of sp³-hybridized carbons (Fsp3) is 0.136. The number of sulfonamides is 1. The molecule has 0 aliphatic carbocycles. The van der Waals surface area contributed by atoms with Gasteiger partial charge in [-0.1, -0.05) is 42.5 Å². The highest BCUT2D eigenvalue weighted by molar-refractivity contribution is 7.89. The summed E-state index contributed by atoms with van der Waals surface area (Å²) in [4.78, 5) is 4.95. The molecule has 0 amide bonds. The standard InChI is InChI=1S/C22H21N3O3S/c1-28-18-11-13-19(14-12-18)29(26,27)23-15-16-25-21-10-6-5-9-20(21)24-22(25)17-7-3-2-4-8-17/h2-14,23H,15-16H2,1H3. The molecule has 0 atom stereocenters. The van der Waals surface area contributed by atoms with Crippen molar-refractivity contribution in [2.75, 3.05) is 13.7 Å². The lowest BCUT2D eigenvalue weighted by Gasteiger charge is -2.11. The smallest absolute Gasteiger partial charge is 0.240 e. The molecule has 1 N–H and O–H groups in total. The van der Waals surface area contributed by atoms with Crippen molar-refractivity contribution in [3.8, 4) is 17.1 Å². The van der Waals surface area contributed by atoms with Crippen LogP contribution < -0.4 is 9.46 Å². The third kappa shape index (κ3) is 4.01. The van der Waals surface area contributed by atoms with Gasteiger partial charge in [-0.25, -0.2) is 18.1 Å². The Balaban J connectivity index is 1.58. The zero-order valence-corrected chi connectivity index (χ0v) is 16.8. The highest BCUT2D eigenvalue weighted by atomic mass is 32.2. The lowest BCUT2D eigenvalue weighted by Crippen LogP contribution is -2.27. The summed E-state index contributed by atoms with van der Waals surface area (Å²) in [7, 11) is -2.07. The molecule has 0 aliphatic heterocycles. The summed E-state index contributed by atoms with van der Waals surface area (Å²) in [5.41, 5.74) is 2.83. The molecule has 3 aromatic carbocycles. The number of imidazole rings is 1. The average Bonchev–Trinajstić information content (AvgIpc) is 3.13. The molecule has 7 heteroatoms. The van der Waals surface area contributed by atoms with E-state index in [1.54, 1.807) is 19.2 Å². The van der Waals surface area contributed by atoms with E-state index >= 15 is 0 Å². The van der Waals surface area contributed by atoms with Crippen LogP contribution in [0.25, 0.3) is 22.4 Å². The Morgan fingerprint density at radius 3 is 2.34 bits per heavy atom. The first-order valence-electron chi connectivity index (χ1n) is 9.23. The summed E-state index contributed by atoms with van der Waals surface area (Å²) in [6, 6.07) is 24.1. The van der Waals surface area contributed by atoms with Crippen LogP contribution in [0.3, 0.4) is 0 Å². The maximum absolute atomic E-state index is 12.6. The molecule has 0 saturated carbocycles. The van der Waals surface area contributed by atoms with Gasteiger partial charge in [-0.3, -0.25) is 0 Å². The Hall–Kier alpha value is -3.16. The Bertz CT molecular complexity index is 1220. The third-order valence-corrected chi connectivity index (χ3v) is 6.16. The quantitative estimate of drug-likeness (QED) is 0.507. The van der Waals surface area contributed by atoms with E-state index < -0.39 is 10.0 Å². The van der Waals surface area contributed by atoms with Crippen molar-refractivity contribution in [2.45, 2.75) is 11.4 Å².